The van der Waals surface area contributed by atoms with Crippen molar-refractivity contribution < 1.29 is 13.2 Å². The summed E-state index contributed by atoms with van der Waals surface area (Å²) in [5.41, 5.74) is 0.651. The molecule has 2 heterocycles. The summed E-state index contributed by atoms with van der Waals surface area (Å²) in [6.07, 6.45) is 0.236. The SMILES string of the molecule is C[C@H](Nc1cncc2ncnn12)c1ccc(C(F)(F)F)cc1. The summed E-state index contributed by atoms with van der Waals surface area (Å²) in [5.74, 6) is 0.613. The van der Waals surface area contributed by atoms with Gasteiger partial charge in [-0.3, -0.25) is 4.98 Å². The lowest BCUT2D eigenvalue weighted by atomic mass is 10.1. The average molecular weight is 307 g/mol. The highest BCUT2D eigenvalue weighted by Gasteiger charge is 2.30. The Morgan fingerprint density at radius 3 is 2.55 bits per heavy atom. The Morgan fingerprint density at radius 2 is 1.86 bits per heavy atom. The minimum absolute atomic E-state index is 0.209. The summed E-state index contributed by atoms with van der Waals surface area (Å²) in [4.78, 5) is 8.07. The molecule has 114 valence electrons. The average Bonchev–Trinajstić information content (AvgIpc) is 2.96. The van der Waals surface area contributed by atoms with Gasteiger partial charge >= 0.3 is 6.18 Å². The standard InChI is InChI=1S/C14H12F3N5/c1-9(10-2-4-11(5-3-10)14(15,16)17)21-13-7-18-6-12-19-8-20-22(12)13/h2-9,21H,1H3/t9-/m0/s1. The van der Waals surface area contributed by atoms with E-state index >= 15 is 0 Å². The van der Waals surface area contributed by atoms with Crippen molar-refractivity contribution in [1.82, 2.24) is 19.6 Å². The Labute approximate surface area is 123 Å². The van der Waals surface area contributed by atoms with Gasteiger partial charge in [0.25, 0.3) is 0 Å². The van der Waals surface area contributed by atoms with Crippen molar-refractivity contribution in [2.75, 3.05) is 5.32 Å². The number of hydrogen-bond acceptors (Lipinski definition) is 4. The molecule has 0 radical (unpaired) electrons. The van der Waals surface area contributed by atoms with Crippen LogP contribution in [0.15, 0.2) is 43.0 Å². The minimum atomic E-state index is -4.33. The zero-order chi connectivity index (χ0) is 15.7. The number of alkyl halides is 3. The summed E-state index contributed by atoms with van der Waals surface area (Å²) in [5, 5.41) is 7.23. The second-order valence-corrected chi connectivity index (χ2v) is 4.81. The van der Waals surface area contributed by atoms with Gasteiger partial charge in [-0.2, -0.15) is 22.8 Å². The molecule has 0 aliphatic carbocycles. The largest absolute Gasteiger partial charge is 0.416 e. The number of aromatic nitrogens is 4. The number of halogens is 3. The van der Waals surface area contributed by atoms with Gasteiger partial charge in [-0.15, -0.1) is 0 Å². The second-order valence-electron chi connectivity index (χ2n) is 4.81. The summed E-state index contributed by atoms with van der Waals surface area (Å²) >= 11 is 0. The third-order valence-corrected chi connectivity index (χ3v) is 3.29. The van der Waals surface area contributed by atoms with Gasteiger partial charge in [0.1, 0.15) is 12.1 Å². The predicted molar refractivity (Wildman–Crippen MR) is 74.3 cm³/mol. The Balaban J connectivity index is 1.82. The van der Waals surface area contributed by atoms with Crippen LogP contribution in [-0.4, -0.2) is 19.6 Å². The number of hydrogen-bond donors (Lipinski definition) is 1. The van der Waals surface area contributed by atoms with Crippen LogP contribution >= 0.6 is 0 Å². The van der Waals surface area contributed by atoms with E-state index < -0.39 is 11.7 Å². The zero-order valence-corrected chi connectivity index (χ0v) is 11.5. The first-order valence-corrected chi connectivity index (χ1v) is 6.52. The lowest BCUT2D eigenvalue weighted by Gasteiger charge is -2.16. The van der Waals surface area contributed by atoms with Crippen molar-refractivity contribution in [2.45, 2.75) is 19.1 Å². The minimum Gasteiger partial charge on any atom is -0.362 e. The van der Waals surface area contributed by atoms with E-state index in [1.807, 2.05) is 6.92 Å². The van der Waals surface area contributed by atoms with Gasteiger partial charge in [-0.05, 0) is 24.6 Å². The maximum atomic E-state index is 12.6. The molecule has 0 spiro atoms. The molecule has 3 rings (SSSR count). The van der Waals surface area contributed by atoms with E-state index in [-0.39, 0.29) is 6.04 Å². The Bertz CT molecular complexity index is 779. The van der Waals surface area contributed by atoms with Gasteiger partial charge in [-0.25, -0.2) is 4.98 Å². The molecule has 5 nitrogen and oxygen atoms in total. The molecule has 0 saturated heterocycles. The monoisotopic (exact) mass is 307 g/mol. The number of nitrogens with one attached hydrogen (secondary N) is 1. The molecule has 0 aliphatic rings. The normalized spacial score (nSPS) is 13.3. The number of fused-ring (bicyclic) bond motifs is 1. The molecule has 0 saturated carbocycles. The van der Waals surface area contributed by atoms with E-state index in [0.717, 1.165) is 17.7 Å². The second kappa shape index (κ2) is 5.28. The van der Waals surface area contributed by atoms with Gasteiger partial charge in [0, 0.05) is 6.04 Å². The molecule has 0 aliphatic heterocycles. The molecule has 3 aromatic rings. The maximum absolute atomic E-state index is 12.6. The Morgan fingerprint density at radius 1 is 1.14 bits per heavy atom. The van der Waals surface area contributed by atoms with Crippen LogP contribution in [0.2, 0.25) is 0 Å². The maximum Gasteiger partial charge on any atom is 0.416 e. The summed E-state index contributed by atoms with van der Waals surface area (Å²) in [6.45, 7) is 1.85. The van der Waals surface area contributed by atoms with Gasteiger partial charge < -0.3 is 5.32 Å². The first-order valence-electron chi connectivity index (χ1n) is 6.52. The summed E-state index contributed by atoms with van der Waals surface area (Å²) in [6, 6.07) is 4.84. The highest BCUT2D eigenvalue weighted by atomic mass is 19.4. The Kier molecular flexibility index (Phi) is 3.44. The smallest absolute Gasteiger partial charge is 0.362 e. The van der Waals surface area contributed by atoms with E-state index in [1.54, 1.807) is 16.9 Å². The van der Waals surface area contributed by atoms with Gasteiger partial charge in [0.2, 0.25) is 0 Å². The molecule has 0 amide bonds. The molecule has 1 aromatic carbocycles. The molecular weight excluding hydrogens is 295 g/mol. The zero-order valence-electron chi connectivity index (χ0n) is 11.5. The van der Waals surface area contributed by atoms with Crippen LogP contribution in [0.1, 0.15) is 24.1 Å². The number of benzene rings is 1. The van der Waals surface area contributed by atoms with Crippen LogP contribution in [0, 0.1) is 0 Å². The van der Waals surface area contributed by atoms with E-state index in [0.29, 0.717) is 11.5 Å². The molecule has 1 N–H and O–H groups in total. The summed E-state index contributed by atoms with van der Waals surface area (Å²) in [7, 11) is 0. The van der Waals surface area contributed by atoms with Crippen molar-refractivity contribution in [1.29, 1.82) is 0 Å². The lowest BCUT2D eigenvalue weighted by molar-refractivity contribution is -0.137. The molecule has 22 heavy (non-hydrogen) atoms. The van der Waals surface area contributed by atoms with Gasteiger partial charge in [-0.1, -0.05) is 12.1 Å². The predicted octanol–water partition coefficient (Wildman–Crippen LogP) is 3.32. The van der Waals surface area contributed by atoms with Crippen LogP contribution in [0.25, 0.3) is 5.65 Å². The topological polar surface area (TPSA) is 55.1 Å². The van der Waals surface area contributed by atoms with Crippen molar-refractivity contribution in [2.24, 2.45) is 0 Å². The first-order chi connectivity index (χ1) is 10.4. The van der Waals surface area contributed by atoms with E-state index in [1.165, 1.54) is 18.5 Å². The fourth-order valence-corrected chi connectivity index (χ4v) is 2.12. The highest BCUT2D eigenvalue weighted by Crippen LogP contribution is 2.30. The van der Waals surface area contributed by atoms with Crippen LogP contribution in [-0.2, 0) is 6.18 Å². The van der Waals surface area contributed by atoms with Crippen LogP contribution < -0.4 is 5.32 Å². The highest BCUT2D eigenvalue weighted by molar-refractivity contribution is 5.46. The molecular formula is C14H12F3N5. The summed E-state index contributed by atoms with van der Waals surface area (Å²) < 4.78 is 39.3. The lowest BCUT2D eigenvalue weighted by Crippen LogP contribution is -2.11. The van der Waals surface area contributed by atoms with Crippen molar-refractivity contribution in [3.05, 3.63) is 54.1 Å². The van der Waals surface area contributed by atoms with Gasteiger partial charge in [0.15, 0.2) is 5.65 Å². The first kappa shape index (κ1) is 14.3. The number of rotatable bonds is 3. The fourth-order valence-electron chi connectivity index (χ4n) is 2.12. The van der Waals surface area contributed by atoms with Crippen LogP contribution in [0.4, 0.5) is 19.0 Å². The van der Waals surface area contributed by atoms with Crippen molar-refractivity contribution in [3.63, 3.8) is 0 Å². The van der Waals surface area contributed by atoms with E-state index in [2.05, 4.69) is 20.4 Å². The molecule has 0 bridgehead atoms. The van der Waals surface area contributed by atoms with Crippen LogP contribution in [0.5, 0.6) is 0 Å². The van der Waals surface area contributed by atoms with Crippen molar-refractivity contribution >= 4 is 11.5 Å². The molecule has 2 aromatic heterocycles. The van der Waals surface area contributed by atoms with E-state index in [9.17, 15) is 13.2 Å². The number of anilines is 1. The molecule has 0 unspecified atom stereocenters. The van der Waals surface area contributed by atoms with Crippen LogP contribution in [0.3, 0.4) is 0 Å². The van der Waals surface area contributed by atoms with E-state index in [4.69, 9.17) is 0 Å². The third kappa shape index (κ3) is 2.72. The van der Waals surface area contributed by atoms with Crippen molar-refractivity contribution in [3.8, 4) is 0 Å². The molecule has 8 heteroatoms. The van der Waals surface area contributed by atoms with Gasteiger partial charge in [0.05, 0.1) is 18.0 Å². The Hall–Kier alpha value is -2.64. The quantitative estimate of drug-likeness (QED) is 0.806. The fraction of sp³-hybridized carbons (Fsp3) is 0.214. The molecule has 0 fully saturated rings. The number of nitrogens with zero attached hydrogens (tertiary/aromatic N) is 4. The molecule has 1 atom stereocenters. The third-order valence-electron chi connectivity index (χ3n) is 3.29.